The molecule has 2 bridgehead atoms. The maximum absolute atomic E-state index is 11.2. The molecule has 1 saturated heterocycles. The highest BCUT2D eigenvalue weighted by Gasteiger charge is 2.36. The summed E-state index contributed by atoms with van der Waals surface area (Å²) in [5.41, 5.74) is 0. The maximum atomic E-state index is 11.2. The average molecular weight is 177 g/mol. The van der Waals surface area contributed by atoms with Crippen LogP contribution in [-0.2, 0) is 4.79 Å². The fourth-order valence-corrected chi connectivity index (χ4v) is 4.57. The van der Waals surface area contributed by atoms with Crippen molar-refractivity contribution >= 4 is 27.7 Å². The second kappa shape index (κ2) is 3.05. The Hall–Kier alpha value is 0.177. The number of ketones is 1. The zero-order valence-corrected chi connectivity index (χ0v) is 8.24. The van der Waals surface area contributed by atoms with Gasteiger partial charge in [-0.2, -0.15) is 0 Å². The molecule has 2 fully saturated rings. The second-order valence-electron chi connectivity index (χ2n) is 3.30. The number of rotatable bonds is 0. The second-order valence-corrected chi connectivity index (χ2v) is 5.17. The van der Waals surface area contributed by atoms with Gasteiger partial charge >= 0.3 is 0 Å². The van der Waals surface area contributed by atoms with Crippen LogP contribution in [0, 0.1) is 11.8 Å². The van der Waals surface area contributed by atoms with E-state index in [1.54, 1.807) is 0 Å². The molecule has 2 atom stereocenters. The lowest BCUT2D eigenvalue weighted by Crippen LogP contribution is -2.22. The third-order valence-corrected chi connectivity index (χ3v) is 4.98. The molecule has 58 valence electrons. The van der Waals surface area contributed by atoms with Gasteiger partial charge in [-0.25, -0.2) is 0 Å². The molecular weight excluding hydrogens is 164 g/mol. The Morgan fingerprint density at radius 3 is 2.10 bits per heavy atom. The van der Waals surface area contributed by atoms with E-state index in [9.17, 15) is 4.79 Å². The van der Waals surface area contributed by atoms with Gasteiger partial charge in [0.1, 0.15) is 5.78 Å². The van der Waals surface area contributed by atoms with Crippen molar-refractivity contribution in [3.05, 3.63) is 0 Å². The Labute approximate surface area is 69.8 Å². The topological polar surface area (TPSA) is 17.1 Å². The van der Waals surface area contributed by atoms with E-state index in [1.807, 2.05) is 0 Å². The van der Waals surface area contributed by atoms with E-state index in [0.717, 1.165) is 0 Å². The molecule has 1 nitrogen and oxygen atoms in total. The lowest BCUT2D eigenvalue weighted by Gasteiger charge is -2.15. The predicted octanol–water partition coefficient (Wildman–Crippen LogP) is 1.02. The van der Waals surface area contributed by atoms with Crippen LogP contribution in [0.2, 0.25) is 12.1 Å². The summed E-state index contributed by atoms with van der Waals surface area (Å²) < 4.78 is 0. The molecule has 0 spiro atoms. The Morgan fingerprint density at radius 2 is 1.70 bits per heavy atom. The Bertz CT molecular complexity index is 131. The number of Topliss-reactive ketones (excluding diaryl/α,β-unsaturated/α-hetero) is 1. The van der Waals surface area contributed by atoms with Crippen molar-refractivity contribution in [2.75, 3.05) is 0 Å². The summed E-state index contributed by atoms with van der Waals surface area (Å²) in [5.74, 6) is 1.72. The van der Waals surface area contributed by atoms with Gasteiger partial charge in [0.25, 0.3) is 0 Å². The Kier molecular flexibility index (Phi) is 2.53. The fourth-order valence-electron chi connectivity index (χ4n) is 2.20. The van der Waals surface area contributed by atoms with Crippen LogP contribution in [0.15, 0.2) is 0 Å². The molecule has 10 heavy (non-hydrogen) atoms. The SMILES string of the molecule is Cl.O=C1C2CCC1C[SiH2]C2. The highest BCUT2D eigenvalue weighted by atomic mass is 35.5. The Morgan fingerprint density at radius 1 is 1.20 bits per heavy atom. The molecule has 1 saturated carbocycles. The van der Waals surface area contributed by atoms with E-state index in [0.29, 0.717) is 17.6 Å². The zero-order valence-electron chi connectivity index (χ0n) is 6.01. The van der Waals surface area contributed by atoms with Gasteiger partial charge in [0.2, 0.25) is 0 Å². The number of carbonyl (C=O) groups excluding carboxylic acids is 1. The highest BCUT2D eigenvalue weighted by Crippen LogP contribution is 2.36. The lowest BCUT2D eigenvalue weighted by atomic mass is 10.1. The van der Waals surface area contributed by atoms with Crippen molar-refractivity contribution in [3.63, 3.8) is 0 Å². The first-order valence-corrected chi connectivity index (χ1v) is 5.91. The molecular formula is C7H13ClOSi. The highest BCUT2D eigenvalue weighted by molar-refractivity contribution is 6.38. The van der Waals surface area contributed by atoms with E-state index in [-0.39, 0.29) is 21.9 Å². The minimum atomic E-state index is 0. The molecule has 0 aromatic heterocycles. The minimum Gasteiger partial charge on any atom is -0.299 e. The van der Waals surface area contributed by atoms with Crippen LogP contribution in [0.4, 0.5) is 0 Å². The molecule has 0 radical (unpaired) electrons. The fraction of sp³-hybridized carbons (Fsp3) is 0.857. The smallest absolute Gasteiger partial charge is 0.138 e. The van der Waals surface area contributed by atoms with Gasteiger partial charge in [0.05, 0.1) is 0 Å². The molecule has 2 rings (SSSR count). The molecule has 1 heterocycles. The molecule has 0 N–H and O–H groups in total. The number of halogens is 1. The van der Waals surface area contributed by atoms with Crippen LogP contribution in [0.1, 0.15) is 12.8 Å². The summed E-state index contributed by atoms with van der Waals surface area (Å²) in [6.45, 7) is 0. The standard InChI is InChI=1S/C7H12OSi.ClH/c8-7-5-1-2-6(7)4-9-3-5;/h5-6H,1-4,9H2;1H. The van der Waals surface area contributed by atoms with Crippen molar-refractivity contribution in [3.8, 4) is 0 Å². The summed E-state index contributed by atoms with van der Waals surface area (Å²) in [5, 5.41) is 0. The van der Waals surface area contributed by atoms with Crippen molar-refractivity contribution in [1.29, 1.82) is 0 Å². The Balaban J connectivity index is 0.000000500. The molecule has 2 aliphatic rings. The lowest BCUT2D eigenvalue weighted by molar-refractivity contribution is -0.123. The number of hydrogen-bond donors (Lipinski definition) is 0. The van der Waals surface area contributed by atoms with Crippen LogP contribution in [0.3, 0.4) is 0 Å². The number of carbonyl (C=O) groups is 1. The molecule has 3 heteroatoms. The molecule has 0 aromatic carbocycles. The van der Waals surface area contributed by atoms with Gasteiger partial charge in [-0.05, 0) is 12.8 Å². The van der Waals surface area contributed by atoms with Crippen LogP contribution in [0.5, 0.6) is 0 Å². The monoisotopic (exact) mass is 176 g/mol. The normalized spacial score (nSPS) is 39.8. The number of hydrogen-bond acceptors (Lipinski definition) is 1. The molecule has 1 aliphatic heterocycles. The molecule has 2 unspecified atom stereocenters. The molecule has 0 aromatic rings. The van der Waals surface area contributed by atoms with Gasteiger partial charge in [-0.3, -0.25) is 4.79 Å². The van der Waals surface area contributed by atoms with Crippen molar-refractivity contribution in [1.82, 2.24) is 0 Å². The van der Waals surface area contributed by atoms with Crippen molar-refractivity contribution in [2.24, 2.45) is 11.8 Å². The zero-order chi connectivity index (χ0) is 6.27. The largest absolute Gasteiger partial charge is 0.299 e. The summed E-state index contributed by atoms with van der Waals surface area (Å²) in [6.07, 6.45) is 2.47. The minimum absolute atomic E-state index is 0. The van der Waals surface area contributed by atoms with Crippen LogP contribution < -0.4 is 0 Å². The number of fused-ring (bicyclic) bond motifs is 2. The summed E-state index contributed by atoms with van der Waals surface area (Å²) in [6, 6.07) is 2.66. The van der Waals surface area contributed by atoms with E-state index in [2.05, 4.69) is 0 Å². The van der Waals surface area contributed by atoms with E-state index < -0.39 is 0 Å². The third kappa shape index (κ3) is 1.15. The van der Waals surface area contributed by atoms with Gasteiger partial charge in [0, 0.05) is 21.4 Å². The third-order valence-electron chi connectivity index (χ3n) is 2.77. The van der Waals surface area contributed by atoms with Crippen LogP contribution in [0.25, 0.3) is 0 Å². The van der Waals surface area contributed by atoms with Gasteiger partial charge in [-0.1, -0.05) is 12.1 Å². The molecule has 1 aliphatic carbocycles. The van der Waals surface area contributed by atoms with Crippen LogP contribution in [-0.4, -0.2) is 15.3 Å². The maximum Gasteiger partial charge on any atom is 0.138 e. The first kappa shape index (κ1) is 8.28. The quantitative estimate of drug-likeness (QED) is 0.504. The van der Waals surface area contributed by atoms with Crippen molar-refractivity contribution < 1.29 is 4.79 Å². The van der Waals surface area contributed by atoms with Gasteiger partial charge < -0.3 is 0 Å². The van der Waals surface area contributed by atoms with Gasteiger partial charge in [-0.15, -0.1) is 12.4 Å². The first-order chi connectivity index (χ1) is 4.38. The van der Waals surface area contributed by atoms with E-state index >= 15 is 0 Å². The van der Waals surface area contributed by atoms with Crippen LogP contribution >= 0.6 is 12.4 Å². The summed E-state index contributed by atoms with van der Waals surface area (Å²) in [4.78, 5) is 11.2. The molecule has 0 amide bonds. The van der Waals surface area contributed by atoms with Crippen molar-refractivity contribution in [2.45, 2.75) is 24.9 Å². The predicted molar refractivity (Wildman–Crippen MR) is 46.6 cm³/mol. The average Bonchev–Trinajstić information content (AvgIpc) is 2.19. The first-order valence-electron chi connectivity index (χ1n) is 3.91. The van der Waals surface area contributed by atoms with Gasteiger partial charge in [0.15, 0.2) is 0 Å². The summed E-state index contributed by atoms with van der Waals surface area (Å²) >= 11 is 0. The summed E-state index contributed by atoms with van der Waals surface area (Å²) in [7, 11) is 0.223. The van der Waals surface area contributed by atoms with E-state index in [4.69, 9.17) is 0 Å². The van der Waals surface area contributed by atoms with E-state index in [1.165, 1.54) is 24.9 Å².